The first kappa shape index (κ1) is 13.8. The standard InChI is InChI=1S/C15H19BrN4/c1-10-2-3-11(7-17)9-20(10)14-4-5-18-13-6-12(16)8-19-15(13)14/h4-6,8,10-11H,2-3,7,9,17H2,1H3. The highest BCUT2D eigenvalue weighted by molar-refractivity contribution is 9.10. The maximum atomic E-state index is 5.86. The molecule has 0 amide bonds. The SMILES string of the molecule is CC1CCC(CN)CN1c1ccnc2cc(Br)cnc12. The zero-order valence-electron chi connectivity index (χ0n) is 11.6. The van der Waals surface area contributed by atoms with E-state index < -0.39 is 0 Å². The van der Waals surface area contributed by atoms with Crippen LogP contribution < -0.4 is 10.6 Å². The van der Waals surface area contributed by atoms with Gasteiger partial charge in [-0.25, -0.2) is 0 Å². The zero-order valence-corrected chi connectivity index (χ0v) is 13.2. The molecule has 2 unspecified atom stereocenters. The summed E-state index contributed by atoms with van der Waals surface area (Å²) in [6, 6.07) is 4.60. The van der Waals surface area contributed by atoms with Crippen LogP contribution in [0.2, 0.25) is 0 Å². The van der Waals surface area contributed by atoms with Crippen LogP contribution in [0, 0.1) is 5.92 Å². The van der Waals surface area contributed by atoms with Crippen molar-refractivity contribution in [2.45, 2.75) is 25.8 Å². The third-order valence-corrected chi connectivity index (χ3v) is 4.58. The number of aromatic nitrogens is 2. The van der Waals surface area contributed by atoms with Crippen molar-refractivity contribution in [2.75, 3.05) is 18.0 Å². The second-order valence-electron chi connectivity index (χ2n) is 5.53. The Hall–Kier alpha value is -1.20. The summed E-state index contributed by atoms with van der Waals surface area (Å²) in [5.74, 6) is 0.574. The number of nitrogens with zero attached hydrogens (tertiary/aromatic N) is 3. The minimum Gasteiger partial charge on any atom is -0.367 e. The fourth-order valence-electron chi connectivity index (χ4n) is 2.93. The fraction of sp³-hybridized carbons (Fsp3) is 0.467. The van der Waals surface area contributed by atoms with Gasteiger partial charge in [0.2, 0.25) is 0 Å². The Kier molecular flexibility index (Phi) is 3.89. The van der Waals surface area contributed by atoms with Gasteiger partial charge < -0.3 is 10.6 Å². The molecule has 2 N–H and O–H groups in total. The summed E-state index contributed by atoms with van der Waals surface area (Å²) in [5, 5.41) is 0. The molecule has 1 saturated heterocycles. The molecular formula is C15H19BrN4. The number of anilines is 1. The highest BCUT2D eigenvalue weighted by Crippen LogP contribution is 2.31. The molecule has 0 saturated carbocycles. The monoisotopic (exact) mass is 334 g/mol. The lowest BCUT2D eigenvalue weighted by atomic mass is 9.93. The Morgan fingerprint density at radius 1 is 1.40 bits per heavy atom. The van der Waals surface area contributed by atoms with Crippen LogP contribution in [0.25, 0.3) is 11.0 Å². The molecule has 2 aromatic heterocycles. The summed E-state index contributed by atoms with van der Waals surface area (Å²) < 4.78 is 0.959. The second kappa shape index (κ2) is 5.66. The van der Waals surface area contributed by atoms with Crippen LogP contribution >= 0.6 is 15.9 Å². The summed E-state index contributed by atoms with van der Waals surface area (Å²) in [4.78, 5) is 11.4. The van der Waals surface area contributed by atoms with E-state index in [0.29, 0.717) is 12.0 Å². The second-order valence-corrected chi connectivity index (χ2v) is 6.45. The van der Waals surface area contributed by atoms with Crippen molar-refractivity contribution in [2.24, 2.45) is 11.7 Å². The molecule has 2 atom stereocenters. The number of hydrogen-bond donors (Lipinski definition) is 1. The minimum atomic E-state index is 0.522. The van der Waals surface area contributed by atoms with Crippen LogP contribution in [0.15, 0.2) is 29.0 Å². The molecule has 1 fully saturated rings. The van der Waals surface area contributed by atoms with Crippen molar-refractivity contribution in [3.8, 4) is 0 Å². The third-order valence-electron chi connectivity index (χ3n) is 4.15. The van der Waals surface area contributed by atoms with Gasteiger partial charge in [-0.2, -0.15) is 0 Å². The Morgan fingerprint density at radius 2 is 2.25 bits per heavy atom. The summed E-state index contributed by atoms with van der Waals surface area (Å²) in [7, 11) is 0. The molecular weight excluding hydrogens is 316 g/mol. The minimum absolute atomic E-state index is 0.522. The maximum Gasteiger partial charge on any atom is 0.112 e. The molecule has 0 aliphatic carbocycles. The summed E-state index contributed by atoms with van der Waals surface area (Å²) >= 11 is 3.45. The number of nitrogens with two attached hydrogens (primary N) is 1. The molecule has 2 aromatic rings. The van der Waals surface area contributed by atoms with Crippen LogP contribution in [-0.2, 0) is 0 Å². The number of pyridine rings is 2. The van der Waals surface area contributed by atoms with Crippen LogP contribution in [0.1, 0.15) is 19.8 Å². The average Bonchev–Trinajstić information content (AvgIpc) is 2.47. The van der Waals surface area contributed by atoms with E-state index in [4.69, 9.17) is 5.73 Å². The summed E-state index contributed by atoms with van der Waals surface area (Å²) in [5.41, 5.74) is 8.94. The smallest absolute Gasteiger partial charge is 0.112 e. The van der Waals surface area contributed by atoms with E-state index in [1.54, 1.807) is 0 Å². The molecule has 1 aliphatic rings. The highest BCUT2D eigenvalue weighted by Gasteiger charge is 2.26. The van der Waals surface area contributed by atoms with Crippen molar-refractivity contribution in [3.63, 3.8) is 0 Å². The Balaban J connectivity index is 2.04. The molecule has 0 spiro atoms. The van der Waals surface area contributed by atoms with Gasteiger partial charge in [0, 0.05) is 29.5 Å². The molecule has 0 radical (unpaired) electrons. The first-order valence-electron chi connectivity index (χ1n) is 7.06. The highest BCUT2D eigenvalue weighted by atomic mass is 79.9. The van der Waals surface area contributed by atoms with E-state index in [2.05, 4.69) is 43.8 Å². The lowest BCUT2D eigenvalue weighted by Crippen LogP contribution is -2.44. The third kappa shape index (κ3) is 2.52. The van der Waals surface area contributed by atoms with Gasteiger partial charge in [0.05, 0.1) is 11.2 Å². The van der Waals surface area contributed by atoms with Crippen LogP contribution in [-0.4, -0.2) is 29.1 Å². The number of rotatable bonds is 2. The molecule has 1 aliphatic heterocycles. The van der Waals surface area contributed by atoms with Gasteiger partial charge in [0.1, 0.15) is 5.52 Å². The van der Waals surface area contributed by atoms with E-state index in [1.807, 2.05) is 18.5 Å². The van der Waals surface area contributed by atoms with Crippen LogP contribution in [0.3, 0.4) is 0 Å². The molecule has 106 valence electrons. The predicted molar refractivity (Wildman–Crippen MR) is 85.8 cm³/mol. The Morgan fingerprint density at radius 3 is 3.05 bits per heavy atom. The van der Waals surface area contributed by atoms with Gasteiger partial charge in [-0.1, -0.05) is 0 Å². The van der Waals surface area contributed by atoms with Crippen molar-refractivity contribution >= 4 is 32.7 Å². The molecule has 5 heteroatoms. The van der Waals surface area contributed by atoms with E-state index in [0.717, 1.165) is 28.6 Å². The van der Waals surface area contributed by atoms with Crippen molar-refractivity contribution in [3.05, 3.63) is 29.0 Å². The largest absolute Gasteiger partial charge is 0.367 e. The van der Waals surface area contributed by atoms with Crippen molar-refractivity contribution < 1.29 is 0 Å². The summed E-state index contributed by atoms with van der Waals surface area (Å²) in [6.07, 6.45) is 6.10. The number of halogens is 1. The van der Waals surface area contributed by atoms with Crippen LogP contribution in [0.4, 0.5) is 5.69 Å². The average molecular weight is 335 g/mol. The van der Waals surface area contributed by atoms with E-state index >= 15 is 0 Å². The predicted octanol–water partition coefficient (Wildman–Crippen LogP) is 2.96. The summed E-state index contributed by atoms with van der Waals surface area (Å²) in [6.45, 7) is 4.04. The molecule has 3 heterocycles. The Labute approximate surface area is 127 Å². The quantitative estimate of drug-likeness (QED) is 0.917. The zero-order chi connectivity index (χ0) is 14.1. The molecule has 0 aromatic carbocycles. The van der Waals surface area contributed by atoms with Gasteiger partial charge in [-0.3, -0.25) is 9.97 Å². The lowest BCUT2D eigenvalue weighted by Gasteiger charge is -2.39. The number of fused-ring (bicyclic) bond motifs is 1. The molecule has 0 bridgehead atoms. The van der Waals surface area contributed by atoms with Crippen LogP contribution in [0.5, 0.6) is 0 Å². The van der Waals surface area contributed by atoms with E-state index in [1.165, 1.54) is 18.5 Å². The lowest BCUT2D eigenvalue weighted by molar-refractivity contribution is 0.374. The van der Waals surface area contributed by atoms with Gasteiger partial charge in [-0.15, -0.1) is 0 Å². The van der Waals surface area contributed by atoms with Gasteiger partial charge in [0.25, 0.3) is 0 Å². The Bertz CT molecular complexity index is 616. The fourth-order valence-corrected chi connectivity index (χ4v) is 3.25. The topological polar surface area (TPSA) is 55.0 Å². The van der Waals surface area contributed by atoms with E-state index in [9.17, 15) is 0 Å². The molecule has 4 nitrogen and oxygen atoms in total. The van der Waals surface area contributed by atoms with E-state index in [-0.39, 0.29) is 0 Å². The van der Waals surface area contributed by atoms with Crippen molar-refractivity contribution in [1.82, 2.24) is 9.97 Å². The maximum absolute atomic E-state index is 5.86. The number of hydrogen-bond acceptors (Lipinski definition) is 4. The first-order valence-corrected chi connectivity index (χ1v) is 7.85. The van der Waals surface area contributed by atoms with Gasteiger partial charge >= 0.3 is 0 Å². The molecule has 20 heavy (non-hydrogen) atoms. The number of piperidine rings is 1. The van der Waals surface area contributed by atoms with Gasteiger partial charge in [-0.05, 0) is 60.3 Å². The first-order chi connectivity index (χ1) is 9.69. The normalized spacial score (nSPS) is 23.2. The van der Waals surface area contributed by atoms with Crippen molar-refractivity contribution in [1.29, 1.82) is 0 Å². The molecule has 3 rings (SSSR count). The van der Waals surface area contributed by atoms with Gasteiger partial charge in [0.15, 0.2) is 0 Å².